The molecule has 5 atom stereocenters. The first kappa shape index (κ1) is 28.5. The minimum Gasteiger partial charge on any atom is -0.396 e. The van der Waals surface area contributed by atoms with Gasteiger partial charge in [-0.25, -0.2) is 0 Å². The molecule has 214 valence electrons. The zero-order valence-corrected chi connectivity index (χ0v) is 24.2. The van der Waals surface area contributed by atoms with Crippen LogP contribution in [0.4, 0.5) is 17.1 Å². The molecule has 8 nitrogen and oxygen atoms in total. The van der Waals surface area contributed by atoms with Gasteiger partial charge in [0.05, 0.1) is 16.6 Å². The van der Waals surface area contributed by atoms with Crippen molar-refractivity contribution in [2.24, 2.45) is 11.8 Å². The number of hydrogen-bond acceptors (Lipinski definition) is 6. The molecule has 2 aromatic rings. The lowest BCUT2D eigenvalue weighted by Gasteiger charge is -2.34. The van der Waals surface area contributed by atoms with Crippen molar-refractivity contribution in [3.05, 3.63) is 54.6 Å². The molecule has 2 unspecified atom stereocenters. The Balaban J connectivity index is 1.40. The fourth-order valence-electron chi connectivity index (χ4n) is 6.87. The Bertz CT molecular complexity index is 1210. The Hall–Kier alpha value is -3.04. The van der Waals surface area contributed by atoms with E-state index >= 15 is 0 Å². The second kappa shape index (κ2) is 12.2. The summed E-state index contributed by atoms with van der Waals surface area (Å²) in [5, 5.41) is 15.4. The smallest absolute Gasteiger partial charge is 0.248 e. The number of amides is 3. The molecule has 3 aliphatic heterocycles. The molecule has 2 aromatic carbocycles. The first-order valence-corrected chi connectivity index (χ1v) is 15.4. The maximum atomic E-state index is 14.1. The van der Waals surface area contributed by atoms with Gasteiger partial charge in [-0.05, 0) is 82.3 Å². The van der Waals surface area contributed by atoms with Gasteiger partial charge < -0.3 is 25.5 Å². The van der Waals surface area contributed by atoms with Gasteiger partial charge in [-0.15, -0.1) is 11.8 Å². The van der Waals surface area contributed by atoms with Gasteiger partial charge in [0.2, 0.25) is 17.7 Å². The Labute approximate surface area is 240 Å². The molecule has 3 fully saturated rings. The Morgan fingerprint density at radius 3 is 2.33 bits per heavy atom. The van der Waals surface area contributed by atoms with E-state index in [9.17, 15) is 19.5 Å². The molecule has 0 aromatic heterocycles. The molecule has 3 amide bonds. The minimum absolute atomic E-state index is 0.0119. The molecule has 3 heterocycles. The van der Waals surface area contributed by atoms with E-state index in [0.29, 0.717) is 30.8 Å². The molecule has 0 aliphatic carbocycles. The van der Waals surface area contributed by atoms with Gasteiger partial charge >= 0.3 is 0 Å². The number of likely N-dealkylation sites (tertiary alicyclic amines) is 1. The highest BCUT2D eigenvalue weighted by atomic mass is 32.2. The third kappa shape index (κ3) is 5.21. The van der Waals surface area contributed by atoms with Gasteiger partial charge in [0, 0.05) is 48.6 Å². The van der Waals surface area contributed by atoms with E-state index in [4.69, 9.17) is 0 Å². The summed E-state index contributed by atoms with van der Waals surface area (Å²) in [7, 11) is 0. The van der Waals surface area contributed by atoms with Crippen LogP contribution in [0.2, 0.25) is 0 Å². The zero-order chi connectivity index (χ0) is 28.3. The predicted octanol–water partition coefficient (Wildman–Crippen LogP) is 4.36. The number of rotatable bonds is 12. The number of hydrogen-bond donors (Lipinski definition) is 3. The monoisotopic (exact) mass is 564 g/mol. The van der Waals surface area contributed by atoms with Crippen LogP contribution in [-0.2, 0) is 14.4 Å². The summed E-state index contributed by atoms with van der Waals surface area (Å²) in [6.45, 7) is 6.57. The number of fused-ring (bicyclic) bond motifs is 1. The summed E-state index contributed by atoms with van der Waals surface area (Å²) in [6, 6.07) is 16.5. The lowest BCUT2D eigenvalue weighted by atomic mass is 9.70. The number of aliphatic hydroxyl groups excluding tert-OH is 1. The molecule has 0 saturated carbocycles. The number of para-hydroxylation sites is 1. The lowest BCUT2D eigenvalue weighted by molar-refractivity contribution is -0.138. The Morgan fingerprint density at radius 2 is 1.65 bits per heavy atom. The summed E-state index contributed by atoms with van der Waals surface area (Å²) in [5.74, 6) is -1.43. The van der Waals surface area contributed by atoms with E-state index in [1.54, 1.807) is 16.7 Å². The van der Waals surface area contributed by atoms with Gasteiger partial charge in [0.15, 0.2) is 0 Å². The molecule has 3 aliphatic rings. The zero-order valence-electron chi connectivity index (χ0n) is 23.3. The van der Waals surface area contributed by atoms with Crippen LogP contribution >= 0.6 is 11.8 Å². The summed E-state index contributed by atoms with van der Waals surface area (Å²) >= 11 is 1.68. The highest BCUT2D eigenvalue weighted by molar-refractivity contribution is 8.02. The lowest BCUT2D eigenvalue weighted by Crippen LogP contribution is -2.51. The largest absolute Gasteiger partial charge is 0.396 e. The van der Waals surface area contributed by atoms with Crippen LogP contribution < -0.4 is 15.5 Å². The minimum atomic E-state index is -0.647. The van der Waals surface area contributed by atoms with E-state index in [2.05, 4.69) is 29.4 Å². The maximum absolute atomic E-state index is 14.1. The molecule has 9 heteroatoms. The maximum Gasteiger partial charge on any atom is 0.248 e. The van der Waals surface area contributed by atoms with Crippen LogP contribution in [-0.4, -0.2) is 70.0 Å². The number of thioether (sulfide) groups is 1. The molecule has 3 saturated heterocycles. The molecule has 2 bridgehead atoms. The molecule has 40 heavy (non-hydrogen) atoms. The highest BCUT2D eigenvalue weighted by Gasteiger charge is 2.73. The Morgan fingerprint density at radius 1 is 0.975 bits per heavy atom. The number of aliphatic hydroxyl groups is 1. The number of benzene rings is 2. The molecule has 5 rings (SSSR count). The third-order valence-electron chi connectivity index (χ3n) is 8.71. The van der Waals surface area contributed by atoms with Crippen molar-refractivity contribution in [2.75, 3.05) is 41.8 Å². The number of nitrogens with zero attached hydrogens (tertiary/aromatic N) is 2. The number of carbonyl (C=O) groups excluding carboxylic acids is 3. The van der Waals surface area contributed by atoms with Crippen LogP contribution in [0.25, 0.3) is 0 Å². The van der Waals surface area contributed by atoms with Crippen molar-refractivity contribution in [3.63, 3.8) is 0 Å². The average molecular weight is 565 g/mol. The highest BCUT2D eigenvalue weighted by Crippen LogP contribution is 2.66. The molecule has 0 radical (unpaired) electrons. The van der Waals surface area contributed by atoms with E-state index in [1.165, 1.54) is 0 Å². The summed E-state index contributed by atoms with van der Waals surface area (Å²) in [6.07, 6.45) is 3.67. The van der Waals surface area contributed by atoms with Crippen LogP contribution in [0.5, 0.6) is 0 Å². The Kier molecular flexibility index (Phi) is 8.71. The summed E-state index contributed by atoms with van der Waals surface area (Å²) in [4.78, 5) is 45.6. The predicted molar refractivity (Wildman–Crippen MR) is 160 cm³/mol. The normalized spacial score (nSPS) is 26.6. The average Bonchev–Trinajstić information content (AvgIpc) is 3.60. The van der Waals surface area contributed by atoms with Crippen molar-refractivity contribution in [1.82, 2.24) is 4.90 Å². The van der Waals surface area contributed by atoms with Crippen LogP contribution in [0.3, 0.4) is 0 Å². The van der Waals surface area contributed by atoms with E-state index in [1.807, 2.05) is 54.6 Å². The van der Waals surface area contributed by atoms with Gasteiger partial charge in [0.1, 0.15) is 6.04 Å². The standard InChI is InChI=1S/C31H40N4O4S/c1-3-34(4-2)23-15-13-22(14-16-23)33-29(38)27-31-18-17-24(40-31)25(28(37)32-21-11-7-5-8-12-21)26(31)30(39)35(27)19-9-6-10-20-36/h5,7-8,11-16,24-27,36H,3-4,6,9-10,17-20H2,1-2H3,(H,32,37)(H,33,38)/t24-,25+,26-,27?,31?/m0/s1. The second-order valence-corrected chi connectivity index (χ2v) is 12.5. The topological polar surface area (TPSA) is 102 Å². The van der Waals surface area contributed by atoms with Crippen molar-refractivity contribution < 1.29 is 19.5 Å². The van der Waals surface area contributed by atoms with Gasteiger partial charge in [-0.1, -0.05) is 18.2 Å². The van der Waals surface area contributed by atoms with Crippen LogP contribution in [0.15, 0.2) is 54.6 Å². The fourth-order valence-corrected chi connectivity index (χ4v) is 9.09. The van der Waals surface area contributed by atoms with Gasteiger partial charge in [-0.2, -0.15) is 0 Å². The van der Waals surface area contributed by atoms with E-state index < -0.39 is 22.6 Å². The van der Waals surface area contributed by atoms with E-state index in [0.717, 1.165) is 38.0 Å². The van der Waals surface area contributed by atoms with Crippen molar-refractivity contribution in [1.29, 1.82) is 0 Å². The van der Waals surface area contributed by atoms with Crippen LogP contribution in [0, 0.1) is 11.8 Å². The number of carbonyl (C=O) groups is 3. The summed E-state index contributed by atoms with van der Waals surface area (Å²) < 4.78 is -0.622. The van der Waals surface area contributed by atoms with Gasteiger partial charge in [-0.3, -0.25) is 14.4 Å². The SMILES string of the molecule is CCN(CC)c1ccc(NC(=O)C2N(CCCCCO)C(=O)[C@@H]3[C@H](C(=O)Nc4ccccc4)[C@@H]4CCC23S4)cc1. The summed E-state index contributed by atoms with van der Waals surface area (Å²) in [5.41, 5.74) is 2.51. The van der Waals surface area contributed by atoms with Gasteiger partial charge in [0.25, 0.3) is 0 Å². The first-order valence-electron chi connectivity index (χ1n) is 14.5. The third-order valence-corrected chi connectivity index (χ3v) is 10.7. The molecule has 3 N–H and O–H groups in total. The first-order chi connectivity index (χ1) is 19.4. The number of anilines is 3. The number of nitrogens with one attached hydrogen (secondary N) is 2. The molecular weight excluding hydrogens is 524 g/mol. The molecule has 1 spiro atoms. The van der Waals surface area contributed by atoms with E-state index in [-0.39, 0.29) is 29.6 Å². The van der Waals surface area contributed by atoms with Crippen LogP contribution in [0.1, 0.15) is 46.0 Å². The van der Waals surface area contributed by atoms with Crippen molar-refractivity contribution in [2.45, 2.75) is 62.0 Å². The quantitative estimate of drug-likeness (QED) is 0.331. The number of unbranched alkanes of at least 4 members (excludes halogenated alkanes) is 2. The fraction of sp³-hybridized carbons (Fsp3) is 0.516. The second-order valence-electron chi connectivity index (χ2n) is 10.9. The van der Waals surface area contributed by atoms with Crippen molar-refractivity contribution >= 4 is 46.5 Å². The van der Waals surface area contributed by atoms with Crippen molar-refractivity contribution in [3.8, 4) is 0 Å². The molecular formula is C31H40N4O4S.